The van der Waals surface area contributed by atoms with Gasteiger partial charge in [0.25, 0.3) is 0 Å². The van der Waals surface area contributed by atoms with Gasteiger partial charge in [-0.3, -0.25) is 0 Å². The summed E-state index contributed by atoms with van der Waals surface area (Å²) in [5, 5.41) is 11.9. The van der Waals surface area contributed by atoms with E-state index < -0.39 is 5.60 Å². The first-order valence-electron chi connectivity index (χ1n) is 5.50. The molecule has 1 aromatic carbocycles. The van der Waals surface area contributed by atoms with E-state index >= 15 is 0 Å². The van der Waals surface area contributed by atoms with E-state index in [4.69, 9.17) is 16.0 Å². The van der Waals surface area contributed by atoms with Crippen LogP contribution in [0.15, 0.2) is 28.7 Å². The van der Waals surface area contributed by atoms with Crippen molar-refractivity contribution in [2.24, 2.45) is 5.92 Å². The van der Waals surface area contributed by atoms with Crippen LogP contribution < -0.4 is 0 Å². The van der Waals surface area contributed by atoms with Crippen molar-refractivity contribution in [3.8, 4) is 0 Å². The molecular weight excluding hydrogens is 224 g/mol. The Kier molecular flexibility index (Phi) is 2.07. The van der Waals surface area contributed by atoms with Crippen LogP contribution in [0.4, 0.5) is 0 Å². The van der Waals surface area contributed by atoms with Crippen LogP contribution in [-0.2, 0) is 5.60 Å². The molecule has 2 aromatic rings. The Balaban J connectivity index is 2.15. The number of rotatable bonds is 2. The topological polar surface area (TPSA) is 33.4 Å². The molecule has 1 aliphatic rings. The summed E-state index contributed by atoms with van der Waals surface area (Å²) in [7, 11) is 0. The van der Waals surface area contributed by atoms with Crippen LogP contribution in [0.5, 0.6) is 0 Å². The molecule has 1 heterocycles. The van der Waals surface area contributed by atoms with Gasteiger partial charge in [0.2, 0.25) is 0 Å². The van der Waals surface area contributed by atoms with Gasteiger partial charge < -0.3 is 9.52 Å². The minimum Gasteiger partial charge on any atom is -0.456 e. The van der Waals surface area contributed by atoms with Crippen molar-refractivity contribution in [1.29, 1.82) is 0 Å². The van der Waals surface area contributed by atoms with Gasteiger partial charge in [0.1, 0.15) is 11.4 Å². The number of hydrogen-bond acceptors (Lipinski definition) is 2. The van der Waals surface area contributed by atoms with E-state index in [1.807, 2.05) is 25.1 Å². The fourth-order valence-corrected chi connectivity index (χ4v) is 2.34. The van der Waals surface area contributed by atoms with Gasteiger partial charge in [-0.25, -0.2) is 0 Å². The van der Waals surface area contributed by atoms with Crippen LogP contribution in [0.1, 0.15) is 25.5 Å². The highest BCUT2D eigenvalue weighted by Gasteiger charge is 2.43. The summed E-state index contributed by atoms with van der Waals surface area (Å²) in [5.41, 5.74) is -0.192. The highest BCUT2D eigenvalue weighted by Crippen LogP contribution is 2.46. The van der Waals surface area contributed by atoms with E-state index in [-0.39, 0.29) is 0 Å². The molecule has 0 spiro atoms. The summed E-state index contributed by atoms with van der Waals surface area (Å²) in [5.74, 6) is 0.949. The predicted octanol–water partition coefficient (Wildman–Crippen LogP) is 3.70. The van der Waals surface area contributed by atoms with E-state index in [0.717, 1.165) is 18.2 Å². The van der Waals surface area contributed by atoms with E-state index in [1.54, 1.807) is 6.07 Å². The average Bonchev–Trinajstić information content (AvgIpc) is 2.99. The molecule has 3 heteroatoms. The molecule has 2 nitrogen and oxygen atoms in total. The Morgan fingerprint density at radius 3 is 2.81 bits per heavy atom. The number of para-hydroxylation sites is 1. The summed E-state index contributed by atoms with van der Waals surface area (Å²) in [6, 6.07) is 7.51. The van der Waals surface area contributed by atoms with Crippen LogP contribution in [0.2, 0.25) is 5.02 Å². The van der Waals surface area contributed by atoms with Gasteiger partial charge in [-0.2, -0.15) is 0 Å². The number of furan rings is 1. The van der Waals surface area contributed by atoms with Crippen molar-refractivity contribution < 1.29 is 9.52 Å². The standard InChI is InChI=1S/C13H13ClO2/c1-13(15,9-5-6-9)11-7-8-3-2-4-10(14)12(8)16-11/h2-4,7,9,15H,5-6H2,1H3. The lowest BCUT2D eigenvalue weighted by Gasteiger charge is -2.19. The first kappa shape index (κ1) is 10.2. The first-order chi connectivity index (χ1) is 7.59. The van der Waals surface area contributed by atoms with Gasteiger partial charge in [-0.1, -0.05) is 23.7 Å². The maximum Gasteiger partial charge on any atom is 0.153 e. The minimum absolute atomic E-state index is 0.326. The smallest absolute Gasteiger partial charge is 0.153 e. The van der Waals surface area contributed by atoms with Crippen molar-refractivity contribution in [2.45, 2.75) is 25.4 Å². The fraction of sp³-hybridized carbons (Fsp3) is 0.385. The van der Waals surface area contributed by atoms with Crippen LogP contribution in [0.25, 0.3) is 11.0 Å². The summed E-state index contributed by atoms with van der Waals surface area (Å²) < 4.78 is 5.68. The Bertz CT molecular complexity index is 538. The molecule has 0 saturated heterocycles. The highest BCUT2D eigenvalue weighted by atomic mass is 35.5. The van der Waals surface area contributed by atoms with Crippen molar-refractivity contribution >= 4 is 22.6 Å². The van der Waals surface area contributed by atoms with Gasteiger partial charge in [0.15, 0.2) is 5.58 Å². The SMILES string of the molecule is CC(O)(c1cc2cccc(Cl)c2o1)C1CC1. The quantitative estimate of drug-likeness (QED) is 0.863. The maximum atomic E-state index is 10.4. The lowest BCUT2D eigenvalue weighted by atomic mass is 9.97. The number of aliphatic hydroxyl groups is 1. The third kappa shape index (κ3) is 1.45. The summed E-state index contributed by atoms with van der Waals surface area (Å²) >= 11 is 6.04. The van der Waals surface area contributed by atoms with Crippen molar-refractivity contribution in [2.75, 3.05) is 0 Å². The van der Waals surface area contributed by atoms with Gasteiger partial charge in [0.05, 0.1) is 5.02 Å². The molecule has 3 rings (SSSR count). The Morgan fingerprint density at radius 2 is 2.19 bits per heavy atom. The molecule has 16 heavy (non-hydrogen) atoms. The van der Waals surface area contributed by atoms with Gasteiger partial charge in [-0.05, 0) is 37.8 Å². The predicted molar refractivity (Wildman–Crippen MR) is 63.5 cm³/mol. The van der Waals surface area contributed by atoms with Crippen molar-refractivity contribution in [3.63, 3.8) is 0 Å². The van der Waals surface area contributed by atoms with E-state index in [0.29, 0.717) is 22.3 Å². The van der Waals surface area contributed by atoms with E-state index in [2.05, 4.69) is 0 Å². The van der Waals surface area contributed by atoms with Crippen LogP contribution in [0, 0.1) is 5.92 Å². The third-order valence-corrected chi connectivity index (χ3v) is 3.66. The lowest BCUT2D eigenvalue weighted by molar-refractivity contribution is 0.0127. The van der Waals surface area contributed by atoms with Crippen molar-refractivity contribution in [3.05, 3.63) is 35.0 Å². The van der Waals surface area contributed by atoms with Gasteiger partial charge in [0, 0.05) is 5.39 Å². The second-order valence-corrected chi connectivity index (χ2v) is 5.10. The monoisotopic (exact) mass is 236 g/mol. The molecule has 1 unspecified atom stereocenters. The Labute approximate surface area is 98.8 Å². The van der Waals surface area contributed by atoms with E-state index in [1.165, 1.54) is 0 Å². The molecule has 1 fully saturated rings. The molecule has 1 saturated carbocycles. The molecule has 0 aliphatic heterocycles. The third-order valence-electron chi connectivity index (χ3n) is 3.37. The Hall–Kier alpha value is -0.990. The van der Waals surface area contributed by atoms with Crippen LogP contribution >= 0.6 is 11.6 Å². The molecule has 1 atom stereocenters. The Morgan fingerprint density at radius 1 is 1.44 bits per heavy atom. The number of fused-ring (bicyclic) bond motifs is 1. The zero-order valence-electron chi connectivity index (χ0n) is 9.03. The molecule has 84 valence electrons. The lowest BCUT2D eigenvalue weighted by Crippen LogP contribution is -2.22. The van der Waals surface area contributed by atoms with Crippen LogP contribution in [-0.4, -0.2) is 5.11 Å². The van der Waals surface area contributed by atoms with Gasteiger partial charge in [-0.15, -0.1) is 0 Å². The molecular formula is C13H13ClO2. The zero-order valence-corrected chi connectivity index (χ0v) is 9.79. The molecule has 0 amide bonds. The highest BCUT2D eigenvalue weighted by molar-refractivity contribution is 6.34. The molecule has 1 aliphatic carbocycles. The molecule has 1 N–H and O–H groups in total. The minimum atomic E-state index is -0.859. The van der Waals surface area contributed by atoms with Crippen molar-refractivity contribution in [1.82, 2.24) is 0 Å². The normalized spacial score (nSPS) is 19.9. The first-order valence-corrected chi connectivity index (χ1v) is 5.88. The largest absolute Gasteiger partial charge is 0.456 e. The molecule has 1 aromatic heterocycles. The zero-order chi connectivity index (χ0) is 11.3. The number of halogens is 1. The van der Waals surface area contributed by atoms with E-state index in [9.17, 15) is 5.11 Å². The number of hydrogen-bond donors (Lipinski definition) is 1. The molecule has 0 radical (unpaired) electrons. The van der Waals surface area contributed by atoms with Gasteiger partial charge >= 0.3 is 0 Å². The second-order valence-electron chi connectivity index (χ2n) is 4.69. The number of benzene rings is 1. The summed E-state index contributed by atoms with van der Waals surface area (Å²) in [4.78, 5) is 0. The average molecular weight is 237 g/mol. The summed E-state index contributed by atoms with van der Waals surface area (Å²) in [6.45, 7) is 1.82. The van der Waals surface area contributed by atoms with Crippen LogP contribution in [0.3, 0.4) is 0 Å². The fourth-order valence-electron chi connectivity index (χ4n) is 2.12. The maximum absolute atomic E-state index is 10.4. The molecule has 0 bridgehead atoms. The summed E-state index contributed by atoms with van der Waals surface area (Å²) in [6.07, 6.45) is 2.13. The second kappa shape index (κ2) is 3.25.